The molecule has 3 rings (SSSR count). The topological polar surface area (TPSA) is 46.5 Å². The van der Waals surface area contributed by atoms with Crippen molar-refractivity contribution in [2.45, 2.75) is 12.5 Å². The molecule has 3 heteroatoms. The van der Waals surface area contributed by atoms with Crippen molar-refractivity contribution in [2.24, 2.45) is 11.8 Å². The lowest BCUT2D eigenvalue weighted by atomic mass is 9.83. The normalized spacial score (nSPS) is 22.8. The van der Waals surface area contributed by atoms with Crippen LogP contribution in [0.2, 0.25) is 0 Å². The predicted molar refractivity (Wildman–Crippen MR) is 79.5 cm³/mol. The smallest absolute Gasteiger partial charge is 0.309 e. The molecule has 21 heavy (non-hydrogen) atoms. The Hall–Kier alpha value is -2.13. The van der Waals surface area contributed by atoms with E-state index >= 15 is 0 Å². The van der Waals surface area contributed by atoms with Crippen molar-refractivity contribution in [3.05, 3.63) is 71.8 Å². The SMILES string of the molecule is O=C1OC[C@@H]([C@H](O)c2ccccc2)[C@H]1Cc1ccccc1. The highest BCUT2D eigenvalue weighted by Gasteiger charge is 2.41. The van der Waals surface area contributed by atoms with E-state index in [1.54, 1.807) is 0 Å². The van der Waals surface area contributed by atoms with Crippen LogP contribution >= 0.6 is 0 Å². The summed E-state index contributed by atoms with van der Waals surface area (Å²) in [5.41, 5.74) is 1.92. The number of aliphatic hydroxyl groups is 1. The highest BCUT2D eigenvalue weighted by Crippen LogP contribution is 2.35. The van der Waals surface area contributed by atoms with Gasteiger partial charge < -0.3 is 9.84 Å². The number of hydrogen-bond acceptors (Lipinski definition) is 3. The predicted octanol–water partition coefficient (Wildman–Crippen LogP) is 2.75. The quantitative estimate of drug-likeness (QED) is 0.877. The molecule has 0 amide bonds. The van der Waals surface area contributed by atoms with Crippen molar-refractivity contribution in [3.63, 3.8) is 0 Å². The van der Waals surface area contributed by atoms with Gasteiger partial charge in [-0.2, -0.15) is 0 Å². The zero-order valence-electron chi connectivity index (χ0n) is 11.7. The van der Waals surface area contributed by atoms with Gasteiger partial charge in [0.15, 0.2) is 0 Å². The second kappa shape index (κ2) is 6.10. The Kier molecular flexibility index (Phi) is 4.02. The lowest BCUT2D eigenvalue weighted by molar-refractivity contribution is -0.141. The third-order valence-corrected chi connectivity index (χ3v) is 4.08. The van der Waals surface area contributed by atoms with Crippen molar-refractivity contribution < 1.29 is 14.6 Å². The van der Waals surface area contributed by atoms with E-state index in [1.165, 1.54) is 0 Å². The fraction of sp³-hybridized carbons (Fsp3) is 0.278. The summed E-state index contributed by atoms with van der Waals surface area (Å²) in [6.45, 7) is 0.284. The largest absolute Gasteiger partial charge is 0.465 e. The van der Waals surface area contributed by atoms with Crippen LogP contribution in [0.5, 0.6) is 0 Å². The number of hydrogen-bond donors (Lipinski definition) is 1. The van der Waals surface area contributed by atoms with E-state index in [4.69, 9.17) is 4.74 Å². The monoisotopic (exact) mass is 282 g/mol. The number of esters is 1. The molecule has 108 valence electrons. The van der Waals surface area contributed by atoms with Gasteiger partial charge in [0, 0.05) is 5.92 Å². The second-order valence-corrected chi connectivity index (χ2v) is 5.45. The fourth-order valence-electron chi connectivity index (χ4n) is 2.89. The van der Waals surface area contributed by atoms with Crippen LogP contribution in [0, 0.1) is 11.8 Å². The van der Waals surface area contributed by atoms with Crippen molar-refractivity contribution in [3.8, 4) is 0 Å². The maximum absolute atomic E-state index is 12.0. The van der Waals surface area contributed by atoms with Gasteiger partial charge in [0.2, 0.25) is 0 Å². The van der Waals surface area contributed by atoms with Gasteiger partial charge in [0.1, 0.15) is 0 Å². The van der Waals surface area contributed by atoms with Gasteiger partial charge >= 0.3 is 5.97 Å². The molecule has 0 unspecified atom stereocenters. The summed E-state index contributed by atoms with van der Waals surface area (Å²) in [4.78, 5) is 12.0. The van der Waals surface area contributed by atoms with Crippen molar-refractivity contribution >= 4 is 5.97 Å². The Labute approximate surface area is 124 Å². The Morgan fingerprint density at radius 1 is 1.05 bits per heavy atom. The van der Waals surface area contributed by atoms with Gasteiger partial charge in [-0.05, 0) is 17.5 Å². The van der Waals surface area contributed by atoms with E-state index in [0.717, 1.165) is 11.1 Å². The molecule has 0 saturated carbocycles. The molecule has 1 N–H and O–H groups in total. The number of carbonyl (C=O) groups is 1. The highest BCUT2D eigenvalue weighted by molar-refractivity contribution is 5.75. The van der Waals surface area contributed by atoms with Crippen molar-refractivity contribution in [2.75, 3.05) is 6.61 Å². The lowest BCUT2D eigenvalue weighted by Gasteiger charge is -2.21. The fourth-order valence-corrected chi connectivity index (χ4v) is 2.89. The van der Waals surface area contributed by atoms with Crippen LogP contribution in [0.25, 0.3) is 0 Å². The van der Waals surface area contributed by atoms with Crippen LogP contribution in [0.15, 0.2) is 60.7 Å². The van der Waals surface area contributed by atoms with Gasteiger partial charge in [-0.15, -0.1) is 0 Å². The Bertz CT molecular complexity index is 594. The van der Waals surface area contributed by atoms with E-state index in [9.17, 15) is 9.90 Å². The summed E-state index contributed by atoms with van der Waals surface area (Å²) in [5.74, 6) is -0.693. The molecule has 1 heterocycles. The number of cyclic esters (lactones) is 1. The molecule has 3 atom stereocenters. The van der Waals surface area contributed by atoms with E-state index in [-0.39, 0.29) is 24.4 Å². The van der Waals surface area contributed by atoms with Crippen molar-refractivity contribution in [1.29, 1.82) is 0 Å². The van der Waals surface area contributed by atoms with E-state index < -0.39 is 6.10 Å². The van der Waals surface area contributed by atoms with Gasteiger partial charge in [-0.3, -0.25) is 4.79 Å². The van der Waals surface area contributed by atoms with Crippen molar-refractivity contribution in [1.82, 2.24) is 0 Å². The first kappa shape index (κ1) is 13.8. The minimum absolute atomic E-state index is 0.194. The summed E-state index contributed by atoms with van der Waals surface area (Å²) < 4.78 is 5.19. The molecular weight excluding hydrogens is 264 g/mol. The minimum Gasteiger partial charge on any atom is -0.465 e. The van der Waals surface area contributed by atoms with Gasteiger partial charge in [-0.25, -0.2) is 0 Å². The Morgan fingerprint density at radius 3 is 2.33 bits per heavy atom. The minimum atomic E-state index is -0.675. The molecule has 1 aliphatic heterocycles. The van der Waals surface area contributed by atoms with E-state index in [0.29, 0.717) is 6.42 Å². The van der Waals surface area contributed by atoms with Gasteiger partial charge in [0.05, 0.1) is 18.6 Å². The number of rotatable bonds is 4. The number of aliphatic hydroxyl groups excluding tert-OH is 1. The number of benzene rings is 2. The van der Waals surface area contributed by atoms with Crippen LogP contribution in [0.4, 0.5) is 0 Å². The molecule has 2 aromatic carbocycles. The first-order valence-electron chi connectivity index (χ1n) is 7.19. The molecule has 0 aromatic heterocycles. The summed E-state index contributed by atoms with van der Waals surface area (Å²) in [6, 6.07) is 19.3. The third kappa shape index (κ3) is 2.98. The number of carbonyl (C=O) groups excluding carboxylic acids is 1. The third-order valence-electron chi connectivity index (χ3n) is 4.08. The summed E-state index contributed by atoms with van der Waals surface area (Å²) in [5, 5.41) is 10.6. The average molecular weight is 282 g/mol. The molecular formula is C18H18O3. The average Bonchev–Trinajstić information content (AvgIpc) is 2.90. The van der Waals surface area contributed by atoms with Crippen LogP contribution in [-0.4, -0.2) is 17.7 Å². The molecule has 1 saturated heterocycles. The van der Waals surface area contributed by atoms with Crippen LogP contribution in [0.3, 0.4) is 0 Å². The lowest BCUT2D eigenvalue weighted by Crippen LogP contribution is -2.24. The van der Waals surface area contributed by atoms with Crippen LogP contribution < -0.4 is 0 Å². The number of ether oxygens (including phenoxy) is 1. The second-order valence-electron chi connectivity index (χ2n) is 5.45. The molecule has 0 radical (unpaired) electrons. The zero-order valence-corrected chi connectivity index (χ0v) is 11.7. The summed E-state index contributed by atoms with van der Waals surface area (Å²) in [6.07, 6.45) is -0.0693. The molecule has 1 fully saturated rings. The highest BCUT2D eigenvalue weighted by atomic mass is 16.5. The van der Waals surface area contributed by atoms with Gasteiger partial charge in [0.25, 0.3) is 0 Å². The first-order chi connectivity index (χ1) is 10.3. The Balaban J connectivity index is 1.79. The maximum Gasteiger partial charge on any atom is 0.309 e. The van der Waals surface area contributed by atoms with Crippen LogP contribution in [0.1, 0.15) is 17.2 Å². The zero-order chi connectivity index (χ0) is 14.7. The molecule has 2 aromatic rings. The standard InChI is InChI=1S/C18H18O3/c19-17(14-9-5-2-6-10-14)16-12-21-18(20)15(16)11-13-7-3-1-4-8-13/h1-10,15-17,19H,11-12H2/t15-,16-,17-/m1/s1. The molecule has 0 aliphatic carbocycles. The molecule has 1 aliphatic rings. The summed E-state index contributed by atoms with van der Waals surface area (Å²) in [7, 11) is 0. The van der Waals surface area contributed by atoms with Crippen LogP contribution in [-0.2, 0) is 16.0 Å². The van der Waals surface area contributed by atoms with E-state index in [1.807, 2.05) is 60.7 Å². The molecule has 3 nitrogen and oxygen atoms in total. The molecule has 0 bridgehead atoms. The van der Waals surface area contributed by atoms with E-state index in [2.05, 4.69) is 0 Å². The Morgan fingerprint density at radius 2 is 1.67 bits per heavy atom. The molecule has 0 spiro atoms. The first-order valence-corrected chi connectivity index (χ1v) is 7.19. The summed E-state index contributed by atoms with van der Waals surface area (Å²) >= 11 is 0. The maximum atomic E-state index is 12.0. The van der Waals surface area contributed by atoms with Gasteiger partial charge in [-0.1, -0.05) is 60.7 Å².